The summed E-state index contributed by atoms with van der Waals surface area (Å²) in [5, 5.41) is 2.30. The van der Waals surface area contributed by atoms with Gasteiger partial charge in [-0.25, -0.2) is 0 Å². The molecule has 0 radical (unpaired) electrons. The molecule has 2 aromatic rings. The van der Waals surface area contributed by atoms with Crippen LogP contribution < -0.4 is 4.74 Å². The third-order valence-corrected chi connectivity index (χ3v) is 3.18. The molecule has 0 aromatic heterocycles. The van der Waals surface area contributed by atoms with Crippen molar-refractivity contribution in [1.82, 2.24) is 0 Å². The molecular formula is C16H18O3. The zero-order valence-corrected chi connectivity index (χ0v) is 11.5. The highest BCUT2D eigenvalue weighted by atomic mass is 16.5. The lowest BCUT2D eigenvalue weighted by molar-refractivity contribution is -0.141. The van der Waals surface area contributed by atoms with E-state index in [1.54, 1.807) is 7.11 Å². The number of esters is 1. The minimum absolute atomic E-state index is 0.190. The lowest BCUT2D eigenvalue weighted by Gasteiger charge is -2.13. The molecular weight excluding hydrogens is 240 g/mol. The molecule has 1 atom stereocenters. The van der Waals surface area contributed by atoms with E-state index in [4.69, 9.17) is 9.47 Å². The van der Waals surface area contributed by atoms with E-state index in [1.807, 2.05) is 25.1 Å². The van der Waals surface area contributed by atoms with Crippen molar-refractivity contribution in [2.24, 2.45) is 0 Å². The van der Waals surface area contributed by atoms with Gasteiger partial charge in [0.1, 0.15) is 5.75 Å². The van der Waals surface area contributed by atoms with Crippen LogP contribution in [0, 0.1) is 0 Å². The van der Waals surface area contributed by atoms with Crippen molar-refractivity contribution >= 4 is 16.7 Å². The molecule has 0 aliphatic rings. The van der Waals surface area contributed by atoms with Gasteiger partial charge in [-0.1, -0.05) is 31.2 Å². The Hall–Kier alpha value is -2.03. The quantitative estimate of drug-likeness (QED) is 0.787. The highest BCUT2D eigenvalue weighted by Gasteiger charge is 2.08. The maximum atomic E-state index is 10.8. The molecule has 3 nitrogen and oxygen atoms in total. The maximum Gasteiger partial charge on any atom is 0.302 e. The molecule has 0 amide bonds. The summed E-state index contributed by atoms with van der Waals surface area (Å²) in [6.45, 7) is 3.89. The van der Waals surface area contributed by atoms with E-state index >= 15 is 0 Å². The minimum atomic E-state index is -0.239. The fourth-order valence-electron chi connectivity index (χ4n) is 2.01. The molecule has 0 spiro atoms. The zero-order valence-electron chi connectivity index (χ0n) is 11.5. The van der Waals surface area contributed by atoms with Gasteiger partial charge in [-0.3, -0.25) is 4.79 Å². The van der Waals surface area contributed by atoms with E-state index in [1.165, 1.54) is 12.5 Å². The van der Waals surface area contributed by atoms with Crippen LogP contribution in [0.25, 0.3) is 10.8 Å². The lowest BCUT2D eigenvalue weighted by atomic mass is 9.98. The Balaban J connectivity index is 2.23. The van der Waals surface area contributed by atoms with E-state index in [2.05, 4.69) is 18.2 Å². The number of hydrogen-bond donors (Lipinski definition) is 0. The molecule has 0 aliphatic heterocycles. The van der Waals surface area contributed by atoms with Crippen molar-refractivity contribution < 1.29 is 14.3 Å². The van der Waals surface area contributed by atoms with Gasteiger partial charge in [0.05, 0.1) is 13.7 Å². The summed E-state index contributed by atoms with van der Waals surface area (Å²) in [6.07, 6.45) is 0. The van der Waals surface area contributed by atoms with Crippen LogP contribution in [0.4, 0.5) is 0 Å². The zero-order chi connectivity index (χ0) is 13.8. The van der Waals surface area contributed by atoms with E-state index in [-0.39, 0.29) is 11.9 Å². The number of carbonyl (C=O) groups excluding carboxylic acids is 1. The third kappa shape index (κ3) is 3.25. The highest BCUT2D eigenvalue weighted by molar-refractivity contribution is 5.84. The Kier molecular flexibility index (Phi) is 4.05. The molecule has 3 heteroatoms. The molecule has 0 fully saturated rings. The fourth-order valence-corrected chi connectivity index (χ4v) is 2.01. The van der Waals surface area contributed by atoms with Crippen LogP contribution in [0.3, 0.4) is 0 Å². The largest absolute Gasteiger partial charge is 0.497 e. The van der Waals surface area contributed by atoms with Gasteiger partial charge in [0, 0.05) is 12.8 Å². The van der Waals surface area contributed by atoms with Gasteiger partial charge in [0.2, 0.25) is 0 Å². The SMILES string of the molecule is COc1ccc2cc(C(C)COC(C)=O)ccc2c1. The molecule has 2 rings (SSSR count). The third-order valence-electron chi connectivity index (χ3n) is 3.18. The van der Waals surface area contributed by atoms with Gasteiger partial charge >= 0.3 is 5.97 Å². The number of rotatable bonds is 4. The highest BCUT2D eigenvalue weighted by Crippen LogP contribution is 2.25. The number of fused-ring (bicyclic) bond motifs is 1. The minimum Gasteiger partial charge on any atom is -0.497 e. The summed E-state index contributed by atoms with van der Waals surface area (Å²) in [7, 11) is 1.66. The fraction of sp³-hybridized carbons (Fsp3) is 0.312. The molecule has 2 aromatic carbocycles. The molecule has 0 bridgehead atoms. The Morgan fingerprint density at radius 2 is 1.84 bits per heavy atom. The van der Waals surface area contributed by atoms with Crippen molar-refractivity contribution in [1.29, 1.82) is 0 Å². The number of benzene rings is 2. The Bertz CT molecular complexity index is 590. The van der Waals surface area contributed by atoms with E-state index in [0.717, 1.165) is 16.5 Å². The van der Waals surface area contributed by atoms with Gasteiger partial charge in [-0.15, -0.1) is 0 Å². The molecule has 0 heterocycles. The van der Waals surface area contributed by atoms with E-state index in [0.29, 0.717) is 6.61 Å². The van der Waals surface area contributed by atoms with Crippen molar-refractivity contribution in [2.75, 3.05) is 13.7 Å². The van der Waals surface area contributed by atoms with Gasteiger partial charge < -0.3 is 9.47 Å². The monoisotopic (exact) mass is 258 g/mol. The van der Waals surface area contributed by atoms with Gasteiger partial charge in [0.15, 0.2) is 0 Å². The van der Waals surface area contributed by atoms with Crippen LogP contribution in [0.1, 0.15) is 25.3 Å². The van der Waals surface area contributed by atoms with Crippen LogP contribution in [0.5, 0.6) is 5.75 Å². The average molecular weight is 258 g/mol. The van der Waals surface area contributed by atoms with Crippen LogP contribution in [-0.2, 0) is 9.53 Å². The van der Waals surface area contributed by atoms with E-state index < -0.39 is 0 Å². The Labute approximate surface area is 113 Å². The summed E-state index contributed by atoms with van der Waals surface area (Å²) in [6, 6.07) is 12.3. The summed E-state index contributed by atoms with van der Waals surface area (Å²) in [4.78, 5) is 10.8. The lowest BCUT2D eigenvalue weighted by Crippen LogP contribution is -2.07. The molecule has 0 aliphatic carbocycles. The first-order valence-corrected chi connectivity index (χ1v) is 6.31. The van der Waals surface area contributed by atoms with Gasteiger partial charge in [0.25, 0.3) is 0 Å². The predicted molar refractivity (Wildman–Crippen MR) is 75.5 cm³/mol. The van der Waals surface area contributed by atoms with E-state index in [9.17, 15) is 4.79 Å². The first kappa shape index (κ1) is 13.4. The smallest absolute Gasteiger partial charge is 0.302 e. The second kappa shape index (κ2) is 5.74. The predicted octanol–water partition coefficient (Wildman–Crippen LogP) is 3.52. The van der Waals surface area contributed by atoms with Crippen molar-refractivity contribution in [3.63, 3.8) is 0 Å². The molecule has 0 N–H and O–H groups in total. The molecule has 19 heavy (non-hydrogen) atoms. The van der Waals surface area contributed by atoms with Crippen LogP contribution in [-0.4, -0.2) is 19.7 Å². The second-order valence-electron chi connectivity index (χ2n) is 4.68. The average Bonchev–Trinajstić information content (AvgIpc) is 2.43. The second-order valence-corrected chi connectivity index (χ2v) is 4.68. The first-order chi connectivity index (χ1) is 9.10. The molecule has 100 valence electrons. The number of hydrogen-bond acceptors (Lipinski definition) is 3. The van der Waals surface area contributed by atoms with Crippen molar-refractivity contribution in [3.8, 4) is 5.75 Å². The number of carbonyl (C=O) groups is 1. The van der Waals surface area contributed by atoms with Crippen LogP contribution in [0.2, 0.25) is 0 Å². The molecule has 1 unspecified atom stereocenters. The summed E-state index contributed by atoms with van der Waals surface area (Å²) >= 11 is 0. The van der Waals surface area contributed by atoms with Crippen molar-refractivity contribution in [2.45, 2.75) is 19.8 Å². The maximum absolute atomic E-state index is 10.8. The number of ether oxygens (including phenoxy) is 2. The number of methoxy groups -OCH3 is 1. The topological polar surface area (TPSA) is 35.5 Å². The van der Waals surface area contributed by atoms with Crippen LogP contribution in [0.15, 0.2) is 36.4 Å². The summed E-state index contributed by atoms with van der Waals surface area (Å²) in [5.41, 5.74) is 1.17. The summed E-state index contributed by atoms with van der Waals surface area (Å²) in [5.74, 6) is 0.806. The normalized spacial score (nSPS) is 12.2. The van der Waals surface area contributed by atoms with Crippen molar-refractivity contribution in [3.05, 3.63) is 42.0 Å². The van der Waals surface area contributed by atoms with Crippen LogP contribution >= 0.6 is 0 Å². The standard InChI is InChI=1S/C16H18O3/c1-11(10-19-12(2)17)13-4-5-15-9-16(18-3)7-6-14(15)8-13/h4-9,11H,10H2,1-3H3. The summed E-state index contributed by atoms with van der Waals surface area (Å²) < 4.78 is 10.3. The first-order valence-electron chi connectivity index (χ1n) is 6.31. The Morgan fingerprint density at radius 1 is 1.16 bits per heavy atom. The molecule has 0 saturated heterocycles. The molecule has 0 saturated carbocycles. The van der Waals surface area contributed by atoms with Gasteiger partial charge in [-0.05, 0) is 28.5 Å². The Morgan fingerprint density at radius 3 is 2.53 bits per heavy atom. The van der Waals surface area contributed by atoms with Gasteiger partial charge in [-0.2, -0.15) is 0 Å².